The Bertz CT molecular complexity index is 1090. The Morgan fingerprint density at radius 3 is 2.61 bits per heavy atom. The average Bonchev–Trinajstić information content (AvgIpc) is 3.52. The number of para-hydroxylation sites is 1. The van der Waals surface area contributed by atoms with E-state index in [9.17, 15) is 10.1 Å². The number of halogens is 1. The van der Waals surface area contributed by atoms with Crippen LogP contribution in [0.5, 0.6) is 17.5 Å². The Morgan fingerprint density at radius 2 is 1.91 bits per heavy atom. The fourth-order valence-corrected chi connectivity index (χ4v) is 4.17. The first-order valence-corrected chi connectivity index (χ1v) is 10.9. The second-order valence-corrected chi connectivity index (χ2v) is 8.87. The predicted molar refractivity (Wildman–Crippen MR) is 111 cm³/mol. The highest BCUT2D eigenvalue weighted by Crippen LogP contribution is 2.40. The van der Waals surface area contributed by atoms with Gasteiger partial charge in [0.2, 0.25) is 5.82 Å². The Hall–Kier alpha value is -3.45. The number of nitriles is 1. The van der Waals surface area contributed by atoms with E-state index in [2.05, 4.69) is 9.97 Å². The second kappa shape index (κ2) is 8.48. The average molecular weight is 454 g/mol. The van der Waals surface area contributed by atoms with Crippen LogP contribution < -0.4 is 9.47 Å². The SMILES string of the molecule is CC1(OC(=O)N2CC3COCC(C2)C3Oc2ncnc(Oc3ccccc3C#N)c2F)CC1. The summed E-state index contributed by atoms with van der Waals surface area (Å²) in [5.74, 6) is -1.55. The number of likely N-dealkylation sites (tertiary alicyclic amines) is 1. The lowest BCUT2D eigenvalue weighted by molar-refractivity contribution is -0.112. The third-order valence-electron chi connectivity index (χ3n) is 6.24. The number of nitrogens with zero attached hydrogens (tertiary/aromatic N) is 4. The molecule has 0 N–H and O–H groups in total. The Labute approximate surface area is 190 Å². The number of hydrogen-bond acceptors (Lipinski definition) is 8. The Morgan fingerprint density at radius 1 is 1.21 bits per heavy atom. The minimum absolute atomic E-state index is 0.157. The number of piperidine rings is 1. The van der Waals surface area contributed by atoms with Gasteiger partial charge in [0.05, 0.1) is 18.8 Å². The minimum atomic E-state index is -0.854. The van der Waals surface area contributed by atoms with Crippen molar-refractivity contribution in [1.29, 1.82) is 5.26 Å². The van der Waals surface area contributed by atoms with E-state index < -0.39 is 5.82 Å². The molecule has 10 heteroatoms. The molecule has 2 atom stereocenters. The van der Waals surface area contributed by atoms with E-state index in [0.29, 0.717) is 26.3 Å². The molecule has 33 heavy (non-hydrogen) atoms. The van der Waals surface area contributed by atoms with Gasteiger partial charge in [0.25, 0.3) is 11.8 Å². The molecule has 9 nitrogen and oxygen atoms in total. The van der Waals surface area contributed by atoms with Crippen LogP contribution in [-0.4, -0.2) is 59.0 Å². The fraction of sp³-hybridized carbons (Fsp3) is 0.478. The zero-order valence-corrected chi connectivity index (χ0v) is 18.1. The monoisotopic (exact) mass is 454 g/mol. The van der Waals surface area contributed by atoms with Gasteiger partial charge in [-0.15, -0.1) is 0 Å². The quantitative estimate of drug-likeness (QED) is 0.678. The molecule has 1 saturated carbocycles. The number of amides is 1. The first-order chi connectivity index (χ1) is 16.0. The Kier molecular flexibility index (Phi) is 5.50. The van der Waals surface area contributed by atoms with Gasteiger partial charge in [-0.2, -0.15) is 19.6 Å². The highest BCUT2D eigenvalue weighted by molar-refractivity contribution is 5.68. The van der Waals surface area contributed by atoms with Crippen LogP contribution in [0.2, 0.25) is 0 Å². The summed E-state index contributed by atoms with van der Waals surface area (Å²) in [6, 6.07) is 8.48. The van der Waals surface area contributed by atoms with Crippen LogP contribution >= 0.6 is 0 Å². The van der Waals surface area contributed by atoms with Gasteiger partial charge >= 0.3 is 6.09 Å². The first kappa shape index (κ1) is 21.4. The van der Waals surface area contributed by atoms with Crippen molar-refractivity contribution >= 4 is 6.09 Å². The van der Waals surface area contributed by atoms with Gasteiger partial charge in [-0.3, -0.25) is 0 Å². The molecule has 2 unspecified atom stereocenters. The number of rotatable bonds is 5. The largest absolute Gasteiger partial charge is 0.471 e. The van der Waals surface area contributed by atoms with Crippen LogP contribution in [0, 0.1) is 29.0 Å². The zero-order valence-electron chi connectivity index (χ0n) is 18.1. The first-order valence-electron chi connectivity index (χ1n) is 10.9. The molecule has 1 aromatic carbocycles. The van der Waals surface area contributed by atoms with Crippen molar-refractivity contribution in [2.45, 2.75) is 31.5 Å². The molecule has 3 heterocycles. The van der Waals surface area contributed by atoms with Crippen LogP contribution in [-0.2, 0) is 9.47 Å². The van der Waals surface area contributed by atoms with E-state index in [1.165, 1.54) is 0 Å². The maximum Gasteiger partial charge on any atom is 0.410 e. The van der Waals surface area contributed by atoms with E-state index in [4.69, 9.17) is 18.9 Å². The lowest BCUT2D eigenvalue weighted by Gasteiger charge is -2.45. The van der Waals surface area contributed by atoms with Crippen LogP contribution in [0.25, 0.3) is 0 Å². The van der Waals surface area contributed by atoms with E-state index in [-0.39, 0.29) is 52.7 Å². The third-order valence-corrected chi connectivity index (χ3v) is 6.24. The van der Waals surface area contributed by atoms with Gasteiger partial charge in [0.1, 0.15) is 29.9 Å². The molecule has 3 aliphatic rings. The van der Waals surface area contributed by atoms with Crippen molar-refractivity contribution in [2.75, 3.05) is 26.3 Å². The zero-order chi connectivity index (χ0) is 23.0. The molecule has 0 radical (unpaired) electrons. The second-order valence-electron chi connectivity index (χ2n) is 8.87. The molecule has 1 aromatic heterocycles. The van der Waals surface area contributed by atoms with Crippen molar-refractivity contribution in [2.24, 2.45) is 11.8 Å². The molecule has 2 aromatic rings. The molecule has 1 amide bonds. The summed E-state index contributed by atoms with van der Waals surface area (Å²) >= 11 is 0. The smallest absolute Gasteiger partial charge is 0.410 e. The van der Waals surface area contributed by atoms with Gasteiger partial charge in [-0.05, 0) is 31.9 Å². The highest BCUT2D eigenvalue weighted by Gasteiger charge is 2.47. The van der Waals surface area contributed by atoms with Crippen LogP contribution in [0.15, 0.2) is 30.6 Å². The maximum absolute atomic E-state index is 15.1. The number of hydrogen-bond donors (Lipinski definition) is 0. The third kappa shape index (κ3) is 4.41. The standard InChI is InChI=1S/C23H23FN4O5/c1-23(6-7-23)33-22(29)28-9-15-11-30-12-16(10-28)19(15)32-21-18(24)20(26-13-27-21)31-17-5-3-2-4-14(17)8-25/h2-5,13,15-16,19H,6-7,9-12H2,1H3. The molecular formula is C23H23FN4O5. The molecular weight excluding hydrogens is 431 g/mol. The van der Waals surface area contributed by atoms with Gasteiger partial charge in [-0.25, -0.2) is 4.79 Å². The lowest BCUT2D eigenvalue weighted by Crippen LogP contribution is -2.59. The van der Waals surface area contributed by atoms with Crippen molar-refractivity contribution < 1.29 is 28.1 Å². The van der Waals surface area contributed by atoms with E-state index >= 15 is 4.39 Å². The number of carbonyl (C=O) groups is 1. The van der Waals surface area contributed by atoms with Gasteiger partial charge < -0.3 is 23.8 Å². The van der Waals surface area contributed by atoms with Gasteiger partial charge in [0, 0.05) is 24.9 Å². The van der Waals surface area contributed by atoms with Crippen molar-refractivity contribution in [1.82, 2.24) is 14.9 Å². The summed E-state index contributed by atoms with van der Waals surface area (Å²) in [7, 11) is 0. The lowest BCUT2D eigenvalue weighted by atomic mass is 9.84. The summed E-state index contributed by atoms with van der Waals surface area (Å²) in [4.78, 5) is 22.1. The molecule has 2 aliphatic heterocycles. The molecule has 2 saturated heterocycles. The molecule has 172 valence electrons. The number of benzene rings is 1. The number of fused-ring (bicyclic) bond motifs is 2. The fourth-order valence-electron chi connectivity index (χ4n) is 4.17. The summed E-state index contributed by atoms with van der Waals surface area (Å²) in [5.41, 5.74) is -0.0929. The van der Waals surface area contributed by atoms with Crippen molar-refractivity contribution in [3.05, 3.63) is 42.0 Å². The van der Waals surface area contributed by atoms with Crippen LogP contribution in [0.3, 0.4) is 0 Å². The minimum Gasteiger partial charge on any atom is -0.471 e. The molecule has 1 aliphatic carbocycles. The van der Waals surface area contributed by atoms with E-state index in [1.54, 1.807) is 29.2 Å². The topological polar surface area (TPSA) is 107 Å². The van der Waals surface area contributed by atoms with Crippen molar-refractivity contribution in [3.63, 3.8) is 0 Å². The number of carbonyl (C=O) groups excluding carboxylic acids is 1. The summed E-state index contributed by atoms with van der Waals surface area (Å²) in [5, 5.41) is 9.22. The summed E-state index contributed by atoms with van der Waals surface area (Å²) in [6.45, 7) is 3.47. The molecule has 0 spiro atoms. The summed E-state index contributed by atoms with van der Waals surface area (Å²) < 4.78 is 37.9. The molecule has 3 fully saturated rings. The number of aromatic nitrogens is 2. The van der Waals surface area contributed by atoms with Crippen LogP contribution in [0.4, 0.5) is 9.18 Å². The predicted octanol–water partition coefficient (Wildman–Crippen LogP) is 3.29. The van der Waals surface area contributed by atoms with Gasteiger partial charge in [0.15, 0.2) is 0 Å². The van der Waals surface area contributed by atoms with Crippen molar-refractivity contribution in [3.8, 4) is 23.6 Å². The van der Waals surface area contributed by atoms with E-state index in [0.717, 1.165) is 19.2 Å². The maximum atomic E-state index is 15.1. The van der Waals surface area contributed by atoms with Crippen LogP contribution in [0.1, 0.15) is 25.3 Å². The number of ether oxygens (including phenoxy) is 4. The van der Waals surface area contributed by atoms with Gasteiger partial charge in [-0.1, -0.05) is 12.1 Å². The summed E-state index contributed by atoms with van der Waals surface area (Å²) in [6.07, 6.45) is 2.20. The van der Waals surface area contributed by atoms with E-state index in [1.807, 2.05) is 13.0 Å². The highest BCUT2D eigenvalue weighted by atomic mass is 19.1. The molecule has 5 rings (SSSR count). The normalized spacial score (nSPS) is 25.0. The Balaban J connectivity index is 1.31. The molecule has 2 bridgehead atoms.